The van der Waals surface area contributed by atoms with Crippen LogP contribution in [-0.2, 0) is 11.3 Å². The number of rotatable bonds is 9. The molecule has 1 N–H and O–H groups in total. The molecule has 1 unspecified atom stereocenters. The summed E-state index contributed by atoms with van der Waals surface area (Å²) < 4.78 is 10.00. The Labute approximate surface area is 115 Å². The molecule has 1 aromatic heterocycles. The Bertz CT molecular complexity index is 373. The number of esters is 1. The average molecular weight is 267 g/mol. The highest BCUT2D eigenvalue weighted by atomic mass is 16.5. The molecule has 4 nitrogen and oxygen atoms in total. The zero-order valence-corrected chi connectivity index (χ0v) is 12.2. The highest BCUT2D eigenvalue weighted by Gasteiger charge is 2.11. The number of furan rings is 1. The summed E-state index contributed by atoms with van der Waals surface area (Å²) in [4.78, 5) is 11.2. The predicted molar refractivity (Wildman–Crippen MR) is 75.1 cm³/mol. The molecule has 0 aliphatic heterocycles. The van der Waals surface area contributed by atoms with Crippen LogP contribution < -0.4 is 5.32 Å². The molecule has 19 heavy (non-hydrogen) atoms. The Hall–Kier alpha value is -1.29. The number of nitrogens with one attached hydrogen (secondary N) is 1. The van der Waals surface area contributed by atoms with E-state index in [-0.39, 0.29) is 5.76 Å². The van der Waals surface area contributed by atoms with Gasteiger partial charge >= 0.3 is 5.97 Å². The van der Waals surface area contributed by atoms with Crippen LogP contribution in [0.1, 0.15) is 55.8 Å². The molecule has 0 aliphatic rings. The summed E-state index contributed by atoms with van der Waals surface area (Å²) in [7, 11) is 1.35. The van der Waals surface area contributed by atoms with Gasteiger partial charge < -0.3 is 14.5 Å². The molecule has 1 heterocycles. The molecule has 0 fully saturated rings. The van der Waals surface area contributed by atoms with Crippen LogP contribution >= 0.6 is 0 Å². The quantitative estimate of drug-likeness (QED) is 0.697. The molecule has 0 spiro atoms. The molecular weight excluding hydrogens is 242 g/mol. The van der Waals surface area contributed by atoms with E-state index in [1.807, 2.05) is 6.07 Å². The van der Waals surface area contributed by atoms with Crippen LogP contribution in [0.5, 0.6) is 0 Å². The van der Waals surface area contributed by atoms with Crippen molar-refractivity contribution < 1.29 is 13.9 Å². The zero-order chi connectivity index (χ0) is 14.1. The van der Waals surface area contributed by atoms with Crippen molar-refractivity contribution in [2.24, 2.45) is 5.92 Å². The summed E-state index contributed by atoms with van der Waals surface area (Å²) in [5.41, 5.74) is 0. The molecule has 1 rings (SSSR count). The third kappa shape index (κ3) is 5.47. The summed E-state index contributed by atoms with van der Waals surface area (Å²) in [5, 5.41) is 3.39. The molecule has 0 amide bonds. The Morgan fingerprint density at radius 2 is 2.21 bits per heavy atom. The topological polar surface area (TPSA) is 51.5 Å². The van der Waals surface area contributed by atoms with E-state index in [4.69, 9.17) is 4.42 Å². The molecule has 0 aliphatic carbocycles. The van der Waals surface area contributed by atoms with Gasteiger partial charge in [-0.1, -0.05) is 33.1 Å². The Morgan fingerprint density at radius 3 is 2.84 bits per heavy atom. The lowest BCUT2D eigenvalue weighted by Gasteiger charge is -2.14. The number of carbonyl (C=O) groups is 1. The maximum atomic E-state index is 11.2. The number of carbonyl (C=O) groups excluding carboxylic acids is 1. The molecule has 0 bridgehead atoms. The van der Waals surface area contributed by atoms with Crippen molar-refractivity contribution in [3.05, 3.63) is 23.7 Å². The van der Waals surface area contributed by atoms with Gasteiger partial charge in [-0.15, -0.1) is 0 Å². The second-order valence-corrected chi connectivity index (χ2v) is 4.80. The predicted octanol–water partition coefficient (Wildman–Crippen LogP) is 3.37. The fraction of sp³-hybridized carbons (Fsp3) is 0.667. The molecule has 4 heteroatoms. The van der Waals surface area contributed by atoms with Crippen molar-refractivity contribution in [1.82, 2.24) is 5.32 Å². The van der Waals surface area contributed by atoms with Gasteiger partial charge in [0.05, 0.1) is 13.7 Å². The fourth-order valence-corrected chi connectivity index (χ4v) is 2.03. The van der Waals surface area contributed by atoms with Crippen LogP contribution in [0.2, 0.25) is 0 Å². The van der Waals surface area contributed by atoms with Crippen molar-refractivity contribution in [2.75, 3.05) is 13.7 Å². The lowest BCUT2D eigenvalue weighted by molar-refractivity contribution is 0.0563. The fourth-order valence-electron chi connectivity index (χ4n) is 2.03. The minimum Gasteiger partial charge on any atom is -0.463 e. The second kappa shape index (κ2) is 8.75. The first-order valence-corrected chi connectivity index (χ1v) is 7.09. The van der Waals surface area contributed by atoms with Crippen molar-refractivity contribution in [3.63, 3.8) is 0 Å². The molecule has 0 aromatic carbocycles. The maximum absolute atomic E-state index is 11.2. The molecule has 1 atom stereocenters. The number of methoxy groups -OCH3 is 1. The van der Waals surface area contributed by atoms with Crippen molar-refractivity contribution in [1.29, 1.82) is 0 Å². The van der Waals surface area contributed by atoms with Crippen LogP contribution in [0, 0.1) is 5.92 Å². The minimum absolute atomic E-state index is 0.261. The second-order valence-electron chi connectivity index (χ2n) is 4.80. The van der Waals surface area contributed by atoms with Crippen molar-refractivity contribution in [3.8, 4) is 0 Å². The Kier molecular flexibility index (Phi) is 7.26. The van der Waals surface area contributed by atoms with Gasteiger partial charge in [0, 0.05) is 0 Å². The van der Waals surface area contributed by atoms with E-state index in [1.165, 1.54) is 32.8 Å². The summed E-state index contributed by atoms with van der Waals surface area (Å²) in [5.74, 6) is 1.32. The van der Waals surface area contributed by atoms with Gasteiger partial charge in [0.25, 0.3) is 0 Å². The van der Waals surface area contributed by atoms with Crippen molar-refractivity contribution in [2.45, 2.75) is 46.1 Å². The molecule has 0 saturated carbocycles. The first-order valence-electron chi connectivity index (χ1n) is 7.09. The minimum atomic E-state index is -0.430. The SMILES string of the molecule is CCCCC(CC)CNCc1ccc(C(=O)OC)o1. The van der Waals surface area contributed by atoms with Gasteiger partial charge in [-0.05, 0) is 31.0 Å². The molecular formula is C15H25NO3. The molecule has 0 saturated heterocycles. The van der Waals surface area contributed by atoms with Gasteiger partial charge in [0.1, 0.15) is 5.76 Å². The van der Waals surface area contributed by atoms with Crippen LogP contribution in [-0.4, -0.2) is 19.6 Å². The molecule has 1 aromatic rings. The lowest BCUT2D eigenvalue weighted by Crippen LogP contribution is -2.22. The van der Waals surface area contributed by atoms with E-state index in [1.54, 1.807) is 6.07 Å². The smallest absolute Gasteiger partial charge is 0.373 e. The first-order chi connectivity index (χ1) is 9.21. The van der Waals surface area contributed by atoms with E-state index in [9.17, 15) is 4.79 Å². The normalized spacial score (nSPS) is 12.4. The Morgan fingerprint density at radius 1 is 1.42 bits per heavy atom. The van der Waals surface area contributed by atoms with E-state index < -0.39 is 5.97 Å². The van der Waals surface area contributed by atoms with Crippen LogP contribution in [0.3, 0.4) is 0 Å². The summed E-state index contributed by atoms with van der Waals surface area (Å²) >= 11 is 0. The highest BCUT2D eigenvalue weighted by Crippen LogP contribution is 2.12. The maximum Gasteiger partial charge on any atom is 0.373 e. The van der Waals surface area contributed by atoms with Crippen LogP contribution in [0.4, 0.5) is 0 Å². The Balaban J connectivity index is 2.32. The standard InChI is InChI=1S/C15H25NO3/c1-4-6-7-12(5-2)10-16-11-13-8-9-14(19-13)15(17)18-3/h8-9,12,16H,4-7,10-11H2,1-3H3. The van der Waals surface area contributed by atoms with E-state index >= 15 is 0 Å². The van der Waals surface area contributed by atoms with Gasteiger partial charge in [0.15, 0.2) is 0 Å². The number of hydrogen-bond donors (Lipinski definition) is 1. The summed E-state index contributed by atoms with van der Waals surface area (Å²) in [6.07, 6.45) is 4.99. The number of unbranched alkanes of at least 4 members (excludes halogenated alkanes) is 1. The van der Waals surface area contributed by atoms with Crippen LogP contribution in [0.25, 0.3) is 0 Å². The van der Waals surface area contributed by atoms with Gasteiger partial charge in [-0.3, -0.25) is 0 Å². The number of hydrogen-bond acceptors (Lipinski definition) is 4. The van der Waals surface area contributed by atoms with Crippen molar-refractivity contribution >= 4 is 5.97 Å². The molecule has 0 radical (unpaired) electrons. The monoisotopic (exact) mass is 267 g/mol. The van der Waals surface area contributed by atoms with Gasteiger partial charge in [-0.2, -0.15) is 0 Å². The summed E-state index contributed by atoms with van der Waals surface area (Å²) in [6.45, 7) is 6.09. The highest BCUT2D eigenvalue weighted by molar-refractivity contribution is 5.86. The largest absolute Gasteiger partial charge is 0.463 e. The van der Waals surface area contributed by atoms with Gasteiger partial charge in [-0.25, -0.2) is 4.79 Å². The summed E-state index contributed by atoms with van der Waals surface area (Å²) in [6, 6.07) is 3.46. The average Bonchev–Trinajstić information content (AvgIpc) is 2.90. The lowest BCUT2D eigenvalue weighted by atomic mass is 9.99. The van der Waals surface area contributed by atoms with E-state index in [0.717, 1.165) is 18.2 Å². The van der Waals surface area contributed by atoms with E-state index in [0.29, 0.717) is 6.54 Å². The molecule has 108 valence electrons. The van der Waals surface area contributed by atoms with Crippen LogP contribution in [0.15, 0.2) is 16.5 Å². The third-order valence-electron chi connectivity index (χ3n) is 3.32. The number of ether oxygens (including phenoxy) is 1. The first kappa shape index (κ1) is 15.8. The zero-order valence-electron chi connectivity index (χ0n) is 12.2. The third-order valence-corrected chi connectivity index (χ3v) is 3.32. The van der Waals surface area contributed by atoms with Gasteiger partial charge in [0.2, 0.25) is 5.76 Å². The van der Waals surface area contributed by atoms with E-state index in [2.05, 4.69) is 23.9 Å².